The van der Waals surface area contributed by atoms with Gasteiger partial charge in [0.05, 0.1) is 55.6 Å². The quantitative estimate of drug-likeness (QED) is 0.123. The van der Waals surface area contributed by atoms with Crippen LogP contribution in [0.1, 0.15) is 129 Å². The van der Waals surface area contributed by atoms with Crippen molar-refractivity contribution in [3.05, 3.63) is 155 Å². The molecule has 0 saturated heterocycles. The normalized spacial score (nSPS) is 17.0. The van der Waals surface area contributed by atoms with Crippen molar-refractivity contribution in [2.75, 3.05) is 14.2 Å². The van der Waals surface area contributed by atoms with E-state index in [-0.39, 0.29) is 59.7 Å². The number of hydrogen-bond acceptors (Lipinski definition) is 11. The Labute approximate surface area is 382 Å². The van der Waals surface area contributed by atoms with E-state index in [1.165, 1.54) is 75.6 Å². The standard InChI is InChI=1S/C24H23FN6O2.C17H16N4O2.C7H9FN2O/c1-33-20-8-9-26-16(23(20)25)10-27-24(32)18-13-31-19(5-7-22(31)29-18)17-12-30-11-15(14-2-3-14)4-6-21(30)28-17;22-17(23)13-9-21-14(4-6-16(21)19-13)12-8-20-7-11(10-1-2-10)3-5-15(20)18-12;1-11-6-2-3-10-5(4-9)7(6)8/h4,6,8-9,11-14,19H,2-3,5,7,10H2,1H3,(H,27,32);3,5,7-10,14H,1-2,4,6H2,(H,22,23);2-3H,4,9H2,1H3. The molecule has 67 heavy (non-hydrogen) atoms. The van der Waals surface area contributed by atoms with Crippen LogP contribution in [-0.4, -0.2) is 79.0 Å². The zero-order chi connectivity index (χ0) is 46.3. The fraction of sp³-hybridized carbons (Fsp3) is 0.333. The van der Waals surface area contributed by atoms with Crippen LogP contribution in [0.2, 0.25) is 0 Å². The van der Waals surface area contributed by atoms with Crippen molar-refractivity contribution in [1.82, 2.24) is 53.2 Å². The number of imidazole rings is 4. The maximum absolute atomic E-state index is 14.3. The number of nitrogens with zero attached hydrogens (tertiary/aromatic N) is 10. The molecule has 19 heteroatoms. The topological polar surface area (TPSA) is 207 Å². The van der Waals surface area contributed by atoms with Gasteiger partial charge in [0.15, 0.2) is 28.8 Å². The van der Waals surface area contributed by atoms with E-state index in [1.807, 2.05) is 9.13 Å². The lowest BCUT2D eigenvalue weighted by Crippen LogP contribution is -2.24. The molecule has 2 aliphatic heterocycles. The van der Waals surface area contributed by atoms with Gasteiger partial charge in [-0.05, 0) is 73.6 Å². The van der Waals surface area contributed by atoms with E-state index in [4.69, 9.17) is 30.3 Å². The third-order valence-corrected chi connectivity index (χ3v) is 12.7. The predicted octanol–water partition coefficient (Wildman–Crippen LogP) is 6.75. The van der Waals surface area contributed by atoms with Crippen LogP contribution in [-0.2, 0) is 25.9 Å². The number of aromatic carboxylic acids is 1. The zero-order valence-corrected chi connectivity index (χ0v) is 36.8. The van der Waals surface area contributed by atoms with Gasteiger partial charge in [-0.1, -0.05) is 12.1 Å². The summed E-state index contributed by atoms with van der Waals surface area (Å²) in [5, 5.41) is 11.8. The number of nitrogens with two attached hydrogens (primary N) is 1. The van der Waals surface area contributed by atoms with E-state index in [1.54, 1.807) is 12.4 Å². The first-order valence-corrected chi connectivity index (χ1v) is 22.3. The number of hydrogen-bond donors (Lipinski definition) is 3. The minimum atomic E-state index is -0.977. The second kappa shape index (κ2) is 18.0. The second-order valence-electron chi connectivity index (χ2n) is 17.1. The highest BCUT2D eigenvalue weighted by atomic mass is 19.1. The number of rotatable bonds is 11. The molecular weight excluding hydrogens is 863 g/mol. The fourth-order valence-corrected chi connectivity index (χ4v) is 8.84. The van der Waals surface area contributed by atoms with Crippen molar-refractivity contribution in [2.24, 2.45) is 5.73 Å². The largest absolute Gasteiger partial charge is 0.494 e. The lowest BCUT2D eigenvalue weighted by molar-refractivity contribution is 0.0690. The molecule has 0 spiro atoms. The number of carbonyl (C=O) groups excluding carboxylic acids is 1. The number of aryl methyl sites for hydroxylation is 2. The second-order valence-corrected chi connectivity index (χ2v) is 17.1. The molecule has 0 bridgehead atoms. The first kappa shape index (κ1) is 43.4. The summed E-state index contributed by atoms with van der Waals surface area (Å²) >= 11 is 0. The molecule has 2 unspecified atom stereocenters. The van der Waals surface area contributed by atoms with Gasteiger partial charge in [-0.25, -0.2) is 33.5 Å². The molecule has 17 nitrogen and oxygen atoms in total. The number of carboxylic acid groups (broad SMARTS) is 1. The van der Waals surface area contributed by atoms with Crippen LogP contribution in [0.25, 0.3) is 11.3 Å². The summed E-state index contributed by atoms with van der Waals surface area (Å²) in [4.78, 5) is 49.8. The lowest BCUT2D eigenvalue weighted by Gasteiger charge is -2.09. The monoisotopic (exact) mass is 910 g/mol. The average Bonchev–Trinajstić information content (AvgIpc) is 3.98. The molecule has 12 rings (SSSR count). The van der Waals surface area contributed by atoms with Gasteiger partial charge in [0.1, 0.15) is 28.6 Å². The highest BCUT2D eigenvalue weighted by Gasteiger charge is 2.31. The lowest BCUT2D eigenvalue weighted by atomic mass is 10.1. The molecule has 0 aromatic carbocycles. The molecule has 2 saturated carbocycles. The molecule has 10 heterocycles. The molecular formula is C48H48F2N12O5. The van der Waals surface area contributed by atoms with Crippen LogP contribution in [0.3, 0.4) is 0 Å². The van der Waals surface area contributed by atoms with Gasteiger partial charge in [-0.15, -0.1) is 0 Å². The van der Waals surface area contributed by atoms with Crippen LogP contribution in [0, 0.1) is 11.6 Å². The number of halogens is 2. The van der Waals surface area contributed by atoms with E-state index in [0.29, 0.717) is 11.6 Å². The Kier molecular flexibility index (Phi) is 11.7. The molecule has 4 aliphatic rings. The molecule has 0 radical (unpaired) electrons. The minimum absolute atomic E-state index is 0.0378. The SMILES string of the molecule is COc1ccnc(CN)c1F.COc1ccnc(CNC(=O)c2cn3c(n2)CCC3c2cn3cc(C4CC4)ccc3n2)c1F.O=C(O)c1cn2c(n1)CCC2c1cn2cc(C3CC3)ccc2n1. The van der Waals surface area contributed by atoms with Gasteiger partial charge in [0.25, 0.3) is 5.91 Å². The van der Waals surface area contributed by atoms with Crippen molar-refractivity contribution < 1.29 is 33.0 Å². The minimum Gasteiger partial charge on any atom is -0.494 e. The molecule has 2 atom stereocenters. The smallest absolute Gasteiger partial charge is 0.356 e. The van der Waals surface area contributed by atoms with Crippen molar-refractivity contribution in [1.29, 1.82) is 0 Å². The summed E-state index contributed by atoms with van der Waals surface area (Å²) < 4.78 is 45.2. The Hall–Kier alpha value is -7.54. The van der Waals surface area contributed by atoms with E-state index >= 15 is 0 Å². The Morgan fingerprint density at radius 2 is 1.16 bits per heavy atom. The van der Waals surface area contributed by atoms with E-state index in [0.717, 1.165) is 65.9 Å². The summed E-state index contributed by atoms with van der Waals surface area (Å²) in [7, 11) is 2.79. The Morgan fingerprint density at radius 1 is 0.672 bits per heavy atom. The summed E-state index contributed by atoms with van der Waals surface area (Å²) in [5.41, 5.74) is 12.5. The molecule has 344 valence electrons. The van der Waals surface area contributed by atoms with Crippen LogP contribution in [0.5, 0.6) is 11.5 Å². The highest BCUT2D eigenvalue weighted by molar-refractivity contribution is 5.92. The highest BCUT2D eigenvalue weighted by Crippen LogP contribution is 2.41. The molecule has 8 aromatic rings. The number of nitrogens with one attached hydrogen (secondary N) is 1. The summed E-state index contributed by atoms with van der Waals surface area (Å²) in [6, 6.07) is 11.5. The number of pyridine rings is 4. The van der Waals surface area contributed by atoms with E-state index in [2.05, 4.69) is 83.1 Å². The predicted molar refractivity (Wildman–Crippen MR) is 239 cm³/mol. The Bertz CT molecular complexity index is 3130. The molecule has 1 amide bonds. The number of fused-ring (bicyclic) bond motifs is 4. The van der Waals surface area contributed by atoms with E-state index < -0.39 is 17.6 Å². The number of amides is 1. The molecule has 8 aromatic heterocycles. The summed E-state index contributed by atoms with van der Waals surface area (Å²) in [6.07, 6.45) is 23.3. The van der Waals surface area contributed by atoms with Crippen molar-refractivity contribution in [3.63, 3.8) is 0 Å². The van der Waals surface area contributed by atoms with E-state index in [9.17, 15) is 18.4 Å². The third kappa shape index (κ3) is 8.81. The number of ether oxygens (including phenoxy) is 2. The zero-order valence-electron chi connectivity index (χ0n) is 36.8. The number of carboxylic acids is 1. The van der Waals surface area contributed by atoms with Gasteiger partial charge >= 0.3 is 5.97 Å². The van der Waals surface area contributed by atoms with Gasteiger partial charge in [0.2, 0.25) is 0 Å². The van der Waals surface area contributed by atoms with Crippen LogP contribution in [0.4, 0.5) is 8.78 Å². The van der Waals surface area contributed by atoms with Gasteiger partial charge in [-0.3, -0.25) is 14.8 Å². The Balaban J connectivity index is 0.000000133. The number of aromatic nitrogens is 10. The molecule has 2 fully saturated rings. The third-order valence-electron chi connectivity index (χ3n) is 12.7. The Morgan fingerprint density at radius 3 is 1.66 bits per heavy atom. The van der Waals surface area contributed by atoms with Crippen molar-refractivity contribution in [2.45, 2.75) is 88.4 Å². The molecule has 2 aliphatic carbocycles. The van der Waals surface area contributed by atoms with Gasteiger partial charge in [-0.2, -0.15) is 0 Å². The molecule has 4 N–H and O–H groups in total. The first-order chi connectivity index (χ1) is 32.6. The maximum Gasteiger partial charge on any atom is 0.356 e. The summed E-state index contributed by atoms with van der Waals surface area (Å²) in [6.45, 7) is 0.0340. The number of carbonyl (C=O) groups is 2. The van der Waals surface area contributed by atoms with Gasteiger partial charge < -0.3 is 43.6 Å². The van der Waals surface area contributed by atoms with Crippen LogP contribution >= 0.6 is 0 Å². The first-order valence-electron chi connectivity index (χ1n) is 22.3. The van der Waals surface area contributed by atoms with Gasteiger partial charge in [0, 0.05) is 81.1 Å². The number of methoxy groups -OCH3 is 2. The summed E-state index contributed by atoms with van der Waals surface area (Å²) in [5.74, 6) is 0.967. The van der Waals surface area contributed by atoms with Crippen LogP contribution in [0.15, 0.2) is 86.0 Å². The fourth-order valence-electron chi connectivity index (χ4n) is 8.84. The average molecular weight is 911 g/mol. The van der Waals surface area contributed by atoms with Crippen molar-refractivity contribution in [3.8, 4) is 11.5 Å². The van der Waals surface area contributed by atoms with Crippen LogP contribution < -0.4 is 20.5 Å². The maximum atomic E-state index is 14.3. The van der Waals surface area contributed by atoms with Crippen molar-refractivity contribution >= 4 is 23.2 Å².